The summed E-state index contributed by atoms with van der Waals surface area (Å²) in [5, 5.41) is 0. The molecule has 0 aromatic heterocycles. The van der Waals surface area contributed by atoms with Gasteiger partial charge in [-0.05, 0) is 12.5 Å². The van der Waals surface area contributed by atoms with Gasteiger partial charge in [-0.3, -0.25) is 0 Å². The van der Waals surface area contributed by atoms with E-state index < -0.39 is 0 Å². The Morgan fingerprint density at radius 2 is 2.08 bits per heavy atom. The molecule has 2 nitrogen and oxygen atoms in total. The van der Waals surface area contributed by atoms with Gasteiger partial charge in [0.25, 0.3) is 0 Å². The second-order valence-electron chi connectivity index (χ2n) is 2.21. The maximum Gasteiger partial charge on any atom is 1.00 e. The molecule has 0 unspecified atom stereocenters. The first kappa shape index (κ1) is 14.8. The predicted molar refractivity (Wildman–Crippen MR) is 44.7 cm³/mol. The van der Waals surface area contributed by atoms with Crippen LogP contribution >= 0.6 is 0 Å². The van der Waals surface area contributed by atoms with E-state index >= 15 is 0 Å². The molecule has 0 aliphatic rings. The fourth-order valence-corrected chi connectivity index (χ4v) is 0.430. The van der Waals surface area contributed by atoms with Gasteiger partial charge in [-0.15, -0.1) is 0 Å². The third-order valence-electron chi connectivity index (χ3n) is 0.920. The average molecular weight is 190 g/mol. The monoisotopic (exact) mass is 190 g/mol. The minimum atomic E-state index is 0. The van der Waals surface area contributed by atoms with E-state index in [4.69, 9.17) is 0 Å². The van der Waals surface area contributed by atoms with Crippen molar-refractivity contribution in [1.82, 2.24) is 0 Å². The Kier molecular flexibility index (Phi) is 11.6. The molecule has 0 amide bonds. The van der Waals surface area contributed by atoms with Crippen LogP contribution in [0.3, 0.4) is 0 Å². The van der Waals surface area contributed by atoms with Crippen molar-refractivity contribution in [1.29, 1.82) is 0 Å². The van der Waals surface area contributed by atoms with Gasteiger partial charge in [-0.2, -0.15) is 0 Å². The Bertz CT molecular complexity index is 195. The average Bonchev–Trinajstić information content (AvgIpc) is 1.97. The minimum absolute atomic E-state index is 0. The fourth-order valence-electron chi connectivity index (χ4n) is 0.430. The molecule has 0 N–H and O–H groups in total. The third kappa shape index (κ3) is 10.3. The van der Waals surface area contributed by atoms with Crippen LogP contribution in [0, 0.1) is 0 Å². The van der Waals surface area contributed by atoms with Crippen molar-refractivity contribution in [2.24, 2.45) is 0 Å². The van der Waals surface area contributed by atoms with Crippen LogP contribution < -0.4 is 51.4 Å². The van der Waals surface area contributed by atoms with Crippen LogP contribution in [0.15, 0.2) is 36.5 Å². The molecule has 0 heterocycles. The van der Waals surface area contributed by atoms with Crippen molar-refractivity contribution in [2.45, 2.75) is 6.92 Å². The summed E-state index contributed by atoms with van der Waals surface area (Å²) in [6.45, 7) is 10.7. The predicted octanol–water partition coefficient (Wildman–Crippen LogP) is -1.24. The van der Waals surface area contributed by atoms with Crippen LogP contribution in [-0.4, -0.2) is 13.1 Å². The topological polar surface area (TPSA) is 26.3 Å². The molecule has 12 heavy (non-hydrogen) atoms. The van der Waals surface area contributed by atoms with E-state index in [-0.39, 0.29) is 58.0 Å². The Hall–Kier alpha value is 0.326. The quantitative estimate of drug-likeness (QED) is 0.308. The maximum absolute atomic E-state index is 9.62. The second kappa shape index (κ2) is 9.41. The summed E-state index contributed by atoms with van der Waals surface area (Å²) in [6.07, 6.45) is 3.55. The van der Waals surface area contributed by atoms with E-state index in [1.165, 1.54) is 6.47 Å². The summed E-state index contributed by atoms with van der Waals surface area (Å²) in [5.41, 5.74) is 1.65. The van der Waals surface area contributed by atoms with Gasteiger partial charge in [-0.1, -0.05) is 37.4 Å². The molecule has 0 saturated carbocycles. The van der Waals surface area contributed by atoms with Crippen molar-refractivity contribution in [3.8, 4) is 0 Å². The van der Waals surface area contributed by atoms with E-state index in [1.54, 1.807) is 12.2 Å². The summed E-state index contributed by atoms with van der Waals surface area (Å²) < 4.78 is 4.34. The van der Waals surface area contributed by atoms with Gasteiger partial charge in [-0.25, -0.2) is 0 Å². The first-order chi connectivity index (χ1) is 5.16. The Labute approximate surface area is 116 Å². The van der Waals surface area contributed by atoms with Crippen molar-refractivity contribution in [3.63, 3.8) is 0 Å². The summed E-state index contributed by atoms with van der Waals surface area (Å²) in [5.74, 6) is 0. The standard InChI is InChI=1S/C9H11O2.K/c1-8(2)4-5-9(3)6-11-7-10;/h4-5H,1,3,6H2,2H3;/q-1;+1/b5-4-;. The first-order valence-electron chi connectivity index (χ1n) is 3.17. The molecular weight excluding hydrogens is 179 g/mol. The van der Waals surface area contributed by atoms with E-state index in [2.05, 4.69) is 17.9 Å². The normalized spacial score (nSPS) is 8.75. The van der Waals surface area contributed by atoms with Gasteiger partial charge in [0.15, 0.2) is 0 Å². The van der Waals surface area contributed by atoms with Crippen LogP contribution in [0.2, 0.25) is 0 Å². The van der Waals surface area contributed by atoms with Crippen molar-refractivity contribution in [3.05, 3.63) is 36.5 Å². The number of hydrogen-bond donors (Lipinski definition) is 0. The number of rotatable bonds is 5. The van der Waals surface area contributed by atoms with Gasteiger partial charge in [0, 0.05) is 0 Å². The summed E-state index contributed by atoms with van der Waals surface area (Å²) in [6, 6.07) is 0. The second-order valence-corrected chi connectivity index (χ2v) is 2.21. The molecule has 0 aromatic carbocycles. The summed E-state index contributed by atoms with van der Waals surface area (Å²) >= 11 is 0. The van der Waals surface area contributed by atoms with Gasteiger partial charge < -0.3 is 9.53 Å². The van der Waals surface area contributed by atoms with Crippen LogP contribution in [-0.2, 0) is 9.53 Å². The van der Waals surface area contributed by atoms with Crippen molar-refractivity contribution < 1.29 is 60.9 Å². The van der Waals surface area contributed by atoms with Crippen molar-refractivity contribution in [2.75, 3.05) is 6.61 Å². The first-order valence-corrected chi connectivity index (χ1v) is 3.17. The zero-order chi connectivity index (χ0) is 8.69. The molecule has 0 aliphatic heterocycles. The molecule has 0 radical (unpaired) electrons. The van der Waals surface area contributed by atoms with Gasteiger partial charge in [0.05, 0.1) is 6.61 Å². The van der Waals surface area contributed by atoms with Crippen LogP contribution in [0.5, 0.6) is 0 Å². The zero-order valence-corrected chi connectivity index (χ0v) is 10.7. The van der Waals surface area contributed by atoms with Crippen LogP contribution in [0.1, 0.15) is 6.92 Å². The molecule has 0 atom stereocenters. The Morgan fingerprint density at radius 3 is 2.50 bits per heavy atom. The molecular formula is C9H11KO2. The van der Waals surface area contributed by atoms with Gasteiger partial charge in [0.1, 0.15) is 0 Å². The van der Waals surface area contributed by atoms with Gasteiger partial charge in [0.2, 0.25) is 0 Å². The summed E-state index contributed by atoms with van der Waals surface area (Å²) in [7, 11) is 0. The zero-order valence-electron chi connectivity index (χ0n) is 7.59. The molecule has 0 aliphatic carbocycles. The number of carbonyl (C=O) groups excluding carboxylic acids is 1. The number of ether oxygens (including phenoxy) is 1. The van der Waals surface area contributed by atoms with Crippen LogP contribution in [0.25, 0.3) is 0 Å². The minimum Gasteiger partial charge on any atom is -0.650 e. The Balaban J connectivity index is 0. The van der Waals surface area contributed by atoms with E-state index in [0.29, 0.717) is 0 Å². The fraction of sp³-hybridized carbons (Fsp3) is 0.222. The SMILES string of the molecule is C=C(C)/C=C\C(=C)CO[C-]=O.[K+]. The van der Waals surface area contributed by atoms with Crippen LogP contribution in [0.4, 0.5) is 0 Å². The van der Waals surface area contributed by atoms with Crippen molar-refractivity contribution >= 4 is 6.47 Å². The van der Waals surface area contributed by atoms with E-state index in [0.717, 1.165) is 11.1 Å². The molecule has 0 rings (SSSR count). The largest absolute Gasteiger partial charge is 1.00 e. The molecule has 0 bridgehead atoms. The third-order valence-corrected chi connectivity index (χ3v) is 0.920. The number of allylic oxidation sites excluding steroid dienone is 2. The molecule has 60 valence electrons. The summed E-state index contributed by atoms with van der Waals surface area (Å²) in [4.78, 5) is 9.62. The smallest absolute Gasteiger partial charge is 0.650 e. The molecule has 0 aromatic rings. The number of hydrogen-bond acceptors (Lipinski definition) is 2. The molecule has 0 spiro atoms. The maximum atomic E-state index is 9.62. The molecule has 3 heteroatoms. The Morgan fingerprint density at radius 1 is 1.50 bits per heavy atom. The van der Waals surface area contributed by atoms with Gasteiger partial charge >= 0.3 is 51.4 Å². The van der Waals surface area contributed by atoms with E-state index in [1.807, 2.05) is 6.92 Å². The molecule has 0 saturated heterocycles. The molecule has 0 fully saturated rings. The van der Waals surface area contributed by atoms with E-state index in [9.17, 15) is 4.79 Å².